The van der Waals surface area contributed by atoms with Gasteiger partial charge in [-0.15, -0.1) is 0 Å². The lowest BCUT2D eigenvalue weighted by Gasteiger charge is -1.99. The predicted molar refractivity (Wildman–Crippen MR) is 28.5 cm³/mol. The third-order valence-corrected chi connectivity index (χ3v) is 0.808. The minimum atomic E-state index is 0.627. The lowest BCUT2D eigenvalue weighted by atomic mass is 10.4. The summed E-state index contributed by atoms with van der Waals surface area (Å²) in [6, 6.07) is 0. The molecule has 0 atom stereocenters. The maximum atomic E-state index is 5.45. The van der Waals surface area contributed by atoms with E-state index < -0.39 is 0 Å². The molecular weight excluding hydrogens is 112 g/mol. The molecule has 0 amide bonds. The Morgan fingerprint density at radius 3 is 2.71 bits per heavy atom. The predicted octanol–water partition coefficient (Wildman–Crippen LogP) is 1.81. The van der Waals surface area contributed by atoms with Crippen LogP contribution in [0.25, 0.3) is 0 Å². The molecule has 0 unspecified atom stereocenters. The van der Waals surface area contributed by atoms with Gasteiger partial charge in [-0.25, -0.2) is 0 Å². The Hall–Kier alpha value is -0.430. The SMILES string of the molecule is ClC1=CC=CO[CH]1. The first-order valence-electron chi connectivity index (χ1n) is 1.90. The second kappa shape index (κ2) is 2.03. The molecule has 0 aromatic heterocycles. The zero-order valence-corrected chi connectivity index (χ0v) is 4.35. The Morgan fingerprint density at radius 2 is 2.43 bits per heavy atom. The third kappa shape index (κ3) is 1.24. The maximum absolute atomic E-state index is 5.45. The van der Waals surface area contributed by atoms with Crippen LogP contribution in [-0.2, 0) is 4.74 Å². The molecule has 1 aliphatic rings. The summed E-state index contributed by atoms with van der Waals surface area (Å²) in [5, 5.41) is 0.627. The molecule has 0 N–H and O–H groups in total. The maximum Gasteiger partial charge on any atom is 0.175 e. The summed E-state index contributed by atoms with van der Waals surface area (Å²) in [5.74, 6) is 0. The van der Waals surface area contributed by atoms with Crippen LogP contribution in [0.2, 0.25) is 0 Å². The number of ether oxygens (including phenoxy) is 1. The van der Waals surface area contributed by atoms with Crippen molar-refractivity contribution >= 4 is 11.6 Å². The number of hydrogen-bond donors (Lipinski definition) is 0. The first kappa shape index (κ1) is 4.72. The van der Waals surface area contributed by atoms with Gasteiger partial charge in [0.15, 0.2) is 6.61 Å². The van der Waals surface area contributed by atoms with E-state index in [4.69, 9.17) is 11.6 Å². The topological polar surface area (TPSA) is 9.23 Å². The molecule has 1 radical (unpaired) electrons. The van der Waals surface area contributed by atoms with E-state index in [1.807, 2.05) is 0 Å². The largest absolute Gasteiger partial charge is 0.488 e. The summed E-state index contributed by atoms with van der Waals surface area (Å²) in [5.41, 5.74) is 0. The van der Waals surface area contributed by atoms with Crippen LogP contribution in [0.3, 0.4) is 0 Å². The normalized spacial score (nSPS) is 18.1. The molecule has 1 aliphatic heterocycles. The van der Waals surface area contributed by atoms with E-state index >= 15 is 0 Å². The van der Waals surface area contributed by atoms with Crippen LogP contribution in [0.15, 0.2) is 23.4 Å². The second-order valence-electron chi connectivity index (χ2n) is 1.13. The molecule has 2 heteroatoms. The summed E-state index contributed by atoms with van der Waals surface area (Å²) < 4.78 is 4.68. The summed E-state index contributed by atoms with van der Waals surface area (Å²) in [4.78, 5) is 0. The van der Waals surface area contributed by atoms with Gasteiger partial charge in [-0.05, 0) is 12.2 Å². The van der Waals surface area contributed by atoms with E-state index in [1.165, 1.54) is 6.61 Å². The number of hydrogen-bond acceptors (Lipinski definition) is 1. The summed E-state index contributed by atoms with van der Waals surface area (Å²) in [7, 11) is 0. The van der Waals surface area contributed by atoms with Gasteiger partial charge in [0.05, 0.1) is 11.3 Å². The molecule has 0 spiro atoms. The van der Waals surface area contributed by atoms with Crippen LogP contribution in [-0.4, -0.2) is 0 Å². The smallest absolute Gasteiger partial charge is 0.175 e. The van der Waals surface area contributed by atoms with Crippen molar-refractivity contribution in [1.29, 1.82) is 0 Å². The fourth-order valence-electron chi connectivity index (χ4n) is 0.320. The number of allylic oxidation sites excluding steroid dienone is 2. The first-order valence-corrected chi connectivity index (χ1v) is 2.28. The average molecular weight is 116 g/mol. The van der Waals surface area contributed by atoms with Gasteiger partial charge in [-0.1, -0.05) is 11.6 Å². The zero-order chi connectivity index (χ0) is 5.11. The van der Waals surface area contributed by atoms with Gasteiger partial charge >= 0.3 is 0 Å². The van der Waals surface area contributed by atoms with Gasteiger partial charge in [0.1, 0.15) is 0 Å². The Morgan fingerprint density at radius 1 is 1.57 bits per heavy atom. The van der Waals surface area contributed by atoms with Crippen molar-refractivity contribution in [3.8, 4) is 0 Å². The Bertz CT molecular complexity index is 115. The molecule has 37 valence electrons. The van der Waals surface area contributed by atoms with Crippen molar-refractivity contribution in [2.24, 2.45) is 0 Å². The highest BCUT2D eigenvalue weighted by Gasteiger charge is 1.92. The van der Waals surface area contributed by atoms with Crippen molar-refractivity contribution in [2.75, 3.05) is 0 Å². The molecule has 0 aromatic carbocycles. The van der Waals surface area contributed by atoms with E-state index in [0.29, 0.717) is 5.03 Å². The molecule has 1 heterocycles. The van der Waals surface area contributed by atoms with Crippen molar-refractivity contribution in [2.45, 2.75) is 0 Å². The lowest BCUT2D eigenvalue weighted by molar-refractivity contribution is 0.351. The van der Waals surface area contributed by atoms with E-state index in [0.717, 1.165) is 0 Å². The van der Waals surface area contributed by atoms with Crippen LogP contribution in [0, 0.1) is 6.61 Å². The van der Waals surface area contributed by atoms with Gasteiger partial charge in [-0.2, -0.15) is 0 Å². The molecule has 0 bridgehead atoms. The average Bonchev–Trinajstić information content (AvgIpc) is 1.69. The highest BCUT2D eigenvalue weighted by Crippen LogP contribution is 2.10. The first-order chi connectivity index (χ1) is 3.39. The van der Waals surface area contributed by atoms with Gasteiger partial charge in [0.2, 0.25) is 0 Å². The third-order valence-electron chi connectivity index (χ3n) is 0.593. The molecule has 0 saturated heterocycles. The highest BCUT2D eigenvalue weighted by atomic mass is 35.5. The summed E-state index contributed by atoms with van der Waals surface area (Å²) in [6.07, 6.45) is 5.05. The van der Waals surface area contributed by atoms with E-state index in [-0.39, 0.29) is 0 Å². The standard InChI is InChI=1S/C5H4ClO/c6-5-2-1-3-7-4-5/h1-4H. The molecule has 0 saturated carbocycles. The number of rotatable bonds is 0. The molecule has 1 rings (SSSR count). The van der Waals surface area contributed by atoms with E-state index in [2.05, 4.69) is 4.74 Å². The lowest BCUT2D eigenvalue weighted by Crippen LogP contribution is -1.81. The fourth-order valence-corrected chi connectivity index (χ4v) is 0.444. The summed E-state index contributed by atoms with van der Waals surface area (Å²) >= 11 is 5.45. The van der Waals surface area contributed by atoms with Gasteiger partial charge in [-0.3, -0.25) is 0 Å². The fraction of sp³-hybridized carbons (Fsp3) is 0. The van der Waals surface area contributed by atoms with Gasteiger partial charge in [0, 0.05) is 0 Å². The molecular formula is C5H4ClO. The Kier molecular flexibility index (Phi) is 1.37. The van der Waals surface area contributed by atoms with E-state index in [9.17, 15) is 0 Å². The molecule has 1 nitrogen and oxygen atoms in total. The van der Waals surface area contributed by atoms with Crippen molar-refractivity contribution in [1.82, 2.24) is 0 Å². The monoisotopic (exact) mass is 115 g/mol. The van der Waals surface area contributed by atoms with Crippen LogP contribution in [0.1, 0.15) is 0 Å². The highest BCUT2D eigenvalue weighted by molar-refractivity contribution is 6.30. The zero-order valence-electron chi connectivity index (χ0n) is 3.60. The Labute approximate surface area is 47.2 Å². The molecule has 0 aliphatic carbocycles. The Balaban J connectivity index is 2.57. The minimum Gasteiger partial charge on any atom is -0.488 e. The van der Waals surface area contributed by atoms with Crippen LogP contribution < -0.4 is 0 Å². The van der Waals surface area contributed by atoms with Crippen LogP contribution >= 0.6 is 11.6 Å². The van der Waals surface area contributed by atoms with Crippen LogP contribution in [0.5, 0.6) is 0 Å². The molecule has 7 heavy (non-hydrogen) atoms. The van der Waals surface area contributed by atoms with Gasteiger partial charge in [0.25, 0.3) is 0 Å². The second-order valence-corrected chi connectivity index (χ2v) is 1.57. The van der Waals surface area contributed by atoms with Crippen molar-refractivity contribution in [3.05, 3.63) is 30.1 Å². The quantitative estimate of drug-likeness (QED) is 0.468. The van der Waals surface area contributed by atoms with Crippen molar-refractivity contribution in [3.63, 3.8) is 0 Å². The minimum absolute atomic E-state index is 0.627. The molecule has 0 fully saturated rings. The summed E-state index contributed by atoms with van der Waals surface area (Å²) in [6.45, 7) is 1.47. The van der Waals surface area contributed by atoms with Gasteiger partial charge < -0.3 is 4.74 Å². The van der Waals surface area contributed by atoms with Crippen molar-refractivity contribution < 1.29 is 4.74 Å². The number of halogens is 1. The van der Waals surface area contributed by atoms with E-state index in [1.54, 1.807) is 18.4 Å². The van der Waals surface area contributed by atoms with Crippen LogP contribution in [0.4, 0.5) is 0 Å². The molecule has 0 aromatic rings.